The molecule has 1 heterocycles. The lowest BCUT2D eigenvalue weighted by Crippen LogP contribution is -2.42. The average molecular weight is 346 g/mol. The highest BCUT2D eigenvalue weighted by atomic mass is 16.5. The molecule has 1 aromatic rings. The smallest absolute Gasteiger partial charge is 0.256 e. The van der Waals surface area contributed by atoms with Gasteiger partial charge in [-0.2, -0.15) is 0 Å². The molecule has 1 aliphatic heterocycles. The van der Waals surface area contributed by atoms with Gasteiger partial charge in [-0.3, -0.25) is 4.79 Å². The molecule has 1 aliphatic carbocycles. The van der Waals surface area contributed by atoms with Gasteiger partial charge in [0, 0.05) is 19.3 Å². The number of carbonyl (C=O) groups is 1. The van der Waals surface area contributed by atoms with Crippen molar-refractivity contribution in [2.75, 3.05) is 38.7 Å². The van der Waals surface area contributed by atoms with Gasteiger partial charge in [0.25, 0.3) is 5.91 Å². The minimum atomic E-state index is -0.648. The average Bonchev–Trinajstić information content (AvgIpc) is 3.32. The van der Waals surface area contributed by atoms with Crippen LogP contribution in [0.5, 0.6) is 5.75 Å². The fourth-order valence-corrected chi connectivity index (χ4v) is 3.83. The summed E-state index contributed by atoms with van der Waals surface area (Å²) in [6, 6.07) is 7.62. The van der Waals surface area contributed by atoms with Gasteiger partial charge in [0.1, 0.15) is 11.4 Å². The molecule has 5 nitrogen and oxygen atoms in total. The van der Waals surface area contributed by atoms with Crippen molar-refractivity contribution in [3.63, 3.8) is 0 Å². The van der Waals surface area contributed by atoms with Crippen LogP contribution in [0.3, 0.4) is 0 Å². The van der Waals surface area contributed by atoms with Crippen LogP contribution in [-0.4, -0.2) is 49.8 Å². The molecule has 2 fully saturated rings. The van der Waals surface area contributed by atoms with Gasteiger partial charge in [0.2, 0.25) is 0 Å². The summed E-state index contributed by atoms with van der Waals surface area (Å²) >= 11 is 0. The molecule has 2 aliphatic rings. The molecule has 3 rings (SSSR count). The quantitative estimate of drug-likeness (QED) is 0.733. The van der Waals surface area contributed by atoms with Crippen molar-refractivity contribution >= 4 is 11.6 Å². The highest BCUT2D eigenvalue weighted by Crippen LogP contribution is 2.33. The van der Waals surface area contributed by atoms with Crippen molar-refractivity contribution in [1.29, 1.82) is 0 Å². The van der Waals surface area contributed by atoms with Crippen LogP contribution < -0.4 is 10.1 Å². The van der Waals surface area contributed by atoms with Gasteiger partial charge in [-0.25, -0.2) is 0 Å². The van der Waals surface area contributed by atoms with E-state index in [9.17, 15) is 4.79 Å². The molecule has 0 radical (unpaired) electrons. The van der Waals surface area contributed by atoms with Gasteiger partial charge < -0.3 is 19.7 Å². The van der Waals surface area contributed by atoms with E-state index < -0.39 is 5.60 Å². The Labute approximate surface area is 150 Å². The number of hydrogen-bond donors (Lipinski definition) is 1. The normalized spacial score (nSPS) is 19.9. The SMILES string of the molecule is COC1(C(=O)Nc2ccc(OCCCN3CCCC3)cc2)CCCC1. The number of nitrogens with one attached hydrogen (secondary N) is 1. The second kappa shape index (κ2) is 8.68. The third-order valence-electron chi connectivity index (χ3n) is 5.41. The van der Waals surface area contributed by atoms with E-state index in [-0.39, 0.29) is 5.91 Å². The molecule has 0 atom stereocenters. The summed E-state index contributed by atoms with van der Waals surface area (Å²) in [6.45, 7) is 4.32. The van der Waals surface area contributed by atoms with Crippen molar-refractivity contribution in [1.82, 2.24) is 4.90 Å². The number of anilines is 1. The molecule has 0 spiro atoms. The van der Waals surface area contributed by atoms with Gasteiger partial charge in [0.05, 0.1) is 6.61 Å². The standard InChI is InChI=1S/C20H30N2O3/c1-24-20(11-2-3-12-20)19(23)21-17-7-9-18(10-8-17)25-16-6-15-22-13-4-5-14-22/h7-10H,2-6,11-16H2,1H3,(H,21,23). The zero-order chi connectivity index (χ0) is 17.5. The van der Waals surface area contributed by atoms with E-state index in [1.807, 2.05) is 24.3 Å². The molecule has 1 saturated carbocycles. The summed E-state index contributed by atoms with van der Waals surface area (Å²) in [5, 5.41) is 2.98. The number of benzene rings is 1. The maximum absolute atomic E-state index is 12.5. The Bertz CT molecular complexity index is 547. The van der Waals surface area contributed by atoms with E-state index in [1.165, 1.54) is 25.9 Å². The van der Waals surface area contributed by atoms with Crippen LogP contribution >= 0.6 is 0 Å². The van der Waals surface area contributed by atoms with Crippen LogP contribution in [0.25, 0.3) is 0 Å². The zero-order valence-electron chi connectivity index (χ0n) is 15.3. The van der Waals surface area contributed by atoms with Crippen molar-refractivity contribution in [3.05, 3.63) is 24.3 Å². The number of carbonyl (C=O) groups excluding carboxylic acids is 1. The van der Waals surface area contributed by atoms with Crippen molar-refractivity contribution in [3.8, 4) is 5.75 Å². The van der Waals surface area contributed by atoms with Gasteiger partial charge in [-0.05, 0) is 82.3 Å². The van der Waals surface area contributed by atoms with E-state index >= 15 is 0 Å². The Morgan fingerprint density at radius 2 is 1.80 bits per heavy atom. The molecule has 25 heavy (non-hydrogen) atoms. The van der Waals surface area contributed by atoms with E-state index in [2.05, 4.69) is 10.2 Å². The van der Waals surface area contributed by atoms with Gasteiger partial charge >= 0.3 is 0 Å². The Morgan fingerprint density at radius 1 is 1.12 bits per heavy atom. The first-order chi connectivity index (χ1) is 12.2. The predicted octanol–water partition coefficient (Wildman–Crippen LogP) is 3.45. The lowest BCUT2D eigenvalue weighted by molar-refractivity contribution is -0.136. The highest BCUT2D eigenvalue weighted by Gasteiger charge is 2.41. The Balaban J connectivity index is 1.42. The summed E-state index contributed by atoms with van der Waals surface area (Å²) in [4.78, 5) is 15.0. The van der Waals surface area contributed by atoms with Crippen molar-refractivity contribution < 1.29 is 14.3 Å². The van der Waals surface area contributed by atoms with Crippen LogP contribution in [0, 0.1) is 0 Å². The van der Waals surface area contributed by atoms with E-state index in [0.717, 1.165) is 56.7 Å². The summed E-state index contributed by atoms with van der Waals surface area (Å²) in [5.74, 6) is 0.813. The number of rotatable bonds is 8. The first-order valence-corrected chi connectivity index (χ1v) is 9.54. The van der Waals surface area contributed by atoms with Crippen LogP contribution in [0.4, 0.5) is 5.69 Å². The summed E-state index contributed by atoms with van der Waals surface area (Å²) in [6.07, 6.45) is 7.41. The predicted molar refractivity (Wildman–Crippen MR) is 99.1 cm³/mol. The molecule has 1 N–H and O–H groups in total. The second-order valence-electron chi connectivity index (χ2n) is 7.13. The Kier molecular flexibility index (Phi) is 6.32. The first-order valence-electron chi connectivity index (χ1n) is 9.54. The molecule has 138 valence electrons. The van der Waals surface area contributed by atoms with Gasteiger partial charge in [-0.1, -0.05) is 0 Å². The lowest BCUT2D eigenvalue weighted by atomic mass is 10.0. The molecule has 0 aromatic heterocycles. The van der Waals surface area contributed by atoms with E-state index in [1.54, 1.807) is 7.11 Å². The monoisotopic (exact) mass is 346 g/mol. The van der Waals surface area contributed by atoms with Crippen LogP contribution in [-0.2, 0) is 9.53 Å². The molecular weight excluding hydrogens is 316 g/mol. The van der Waals surface area contributed by atoms with Crippen LogP contribution in [0.2, 0.25) is 0 Å². The third kappa shape index (κ3) is 4.73. The number of likely N-dealkylation sites (tertiary alicyclic amines) is 1. The minimum absolute atomic E-state index is 0.0354. The Morgan fingerprint density at radius 3 is 2.44 bits per heavy atom. The molecule has 1 amide bonds. The summed E-state index contributed by atoms with van der Waals surface area (Å²) in [5.41, 5.74) is 0.142. The fourth-order valence-electron chi connectivity index (χ4n) is 3.83. The fraction of sp³-hybridized carbons (Fsp3) is 0.650. The number of nitrogens with zero attached hydrogens (tertiary/aromatic N) is 1. The Hall–Kier alpha value is -1.59. The lowest BCUT2D eigenvalue weighted by Gasteiger charge is -2.25. The number of methoxy groups -OCH3 is 1. The zero-order valence-corrected chi connectivity index (χ0v) is 15.3. The third-order valence-corrected chi connectivity index (χ3v) is 5.41. The van der Waals surface area contributed by atoms with Gasteiger partial charge in [0.15, 0.2) is 0 Å². The molecule has 1 aromatic carbocycles. The largest absolute Gasteiger partial charge is 0.494 e. The van der Waals surface area contributed by atoms with Crippen molar-refractivity contribution in [2.24, 2.45) is 0 Å². The molecule has 1 saturated heterocycles. The van der Waals surface area contributed by atoms with Gasteiger partial charge in [-0.15, -0.1) is 0 Å². The minimum Gasteiger partial charge on any atom is -0.494 e. The number of amides is 1. The second-order valence-corrected chi connectivity index (χ2v) is 7.13. The van der Waals surface area contributed by atoms with E-state index in [4.69, 9.17) is 9.47 Å². The maximum Gasteiger partial charge on any atom is 0.256 e. The van der Waals surface area contributed by atoms with E-state index in [0.29, 0.717) is 0 Å². The number of hydrogen-bond acceptors (Lipinski definition) is 4. The first kappa shape index (κ1) is 18.2. The van der Waals surface area contributed by atoms with Crippen molar-refractivity contribution in [2.45, 2.75) is 50.5 Å². The van der Waals surface area contributed by atoms with Crippen LogP contribution in [0.1, 0.15) is 44.9 Å². The molecule has 0 unspecified atom stereocenters. The molecular formula is C20H30N2O3. The highest BCUT2D eigenvalue weighted by molar-refractivity contribution is 5.97. The summed E-state index contributed by atoms with van der Waals surface area (Å²) < 4.78 is 11.3. The topological polar surface area (TPSA) is 50.8 Å². The molecule has 5 heteroatoms. The van der Waals surface area contributed by atoms with Crippen LogP contribution in [0.15, 0.2) is 24.3 Å². The number of ether oxygens (including phenoxy) is 2. The maximum atomic E-state index is 12.5. The summed E-state index contributed by atoms with van der Waals surface area (Å²) in [7, 11) is 1.63. The molecule has 0 bridgehead atoms.